The molecule has 0 amide bonds. The maximum Gasteiger partial charge on any atom is 0.418 e. The highest BCUT2D eigenvalue weighted by Crippen LogP contribution is 2.43. The Hall–Kier alpha value is -5.50. The van der Waals surface area contributed by atoms with Gasteiger partial charge in [-0.2, -0.15) is 26.3 Å². The maximum absolute atomic E-state index is 14.6. The summed E-state index contributed by atoms with van der Waals surface area (Å²) in [6.45, 7) is 0. The van der Waals surface area contributed by atoms with Gasteiger partial charge in [-0.3, -0.25) is 0 Å². The van der Waals surface area contributed by atoms with Crippen LogP contribution in [0.4, 0.5) is 26.3 Å². The number of halogens is 6. The first-order chi connectivity index (χ1) is 22.1. The SMILES string of the molecule is FC(F)(F)c1ccc(-c2ccc(C(F)(F)F)c(-n3c4ccccc4c4ccccc43)c2)cc1-n1c2ccccc2c2ccccc21. The Morgan fingerprint density at radius 2 is 0.630 bits per heavy atom. The van der Waals surface area contributed by atoms with Crippen molar-refractivity contribution in [1.29, 1.82) is 0 Å². The van der Waals surface area contributed by atoms with E-state index in [0.717, 1.165) is 33.7 Å². The van der Waals surface area contributed by atoms with Crippen molar-refractivity contribution in [3.8, 4) is 22.5 Å². The van der Waals surface area contributed by atoms with Crippen LogP contribution in [0.15, 0.2) is 133 Å². The third-order valence-electron chi connectivity index (χ3n) is 8.58. The lowest BCUT2D eigenvalue weighted by Gasteiger charge is -2.19. The number of para-hydroxylation sites is 4. The summed E-state index contributed by atoms with van der Waals surface area (Å²) in [5.41, 5.74) is 1.13. The Morgan fingerprint density at radius 3 is 0.913 bits per heavy atom. The Morgan fingerprint density at radius 1 is 0.348 bits per heavy atom. The summed E-state index contributed by atoms with van der Waals surface area (Å²) < 4.78 is 90.5. The highest BCUT2D eigenvalue weighted by molar-refractivity contribution is 6.10. The van der Waals surface area contributed by atoms with Gasteiger partial charge < -0.3 is 9.13 Å². The van der Waals surface area contributed by atoms with Crippen LogP contribution in [0.1, 0.15) is 11.1 Å². The monoisotopic (exact) mass is 620 g/mol. The molecule has 46 heavy (non-hydrogen) atoms. The molecule has 6 aromatic carbocycles. The molecule has 0 spiro atoms. The molecule has 0 aliphatic carbocycles. The second-order valence-electron chi connectivity index (χ2n) is 11.2. The van der Waals surface area contributed by atoms with E-state index in [0.29, 0.717) is 33.2 Å². The minimum absolute atomic E-state index is 0.110. The number of benzene rings is 6. The van der Waals surface area contributed by atoms with Crippen LogP contribution in [-0.4, -0.2) is 9.13 Å². The zero-order valence-electron chi connectivity index (χ0n) is 23.9. The van der Waals surface area contributed by atoms with E-state index in [9.17, 15) is 26.3 Å². The average Bonchev–Trinajstić information content (AvgIpc) is 3.56. The fraction of sp³-hybridized carbons (Fsp3) is 0.0526. The van der Waals surface area contributed by atoms with Crippen LogP contribution in [0.25, 0.3) is 66.1 Å². The molecular weight excluding hydrogens is 598 g/mol. The van der Waals surface area contributed by atoms with Crippen LogP contribution in [0, 0.1) is 0 Å². The van der Waals surface area contributed by atoms with Crippen molar-refractivity contribution in [1.82, 2.24) is 9.13 Å². The van der Waals surface area contributed by atoms with Crippen LogP contribution in [0.2, 0.25) is 0 Å². The lowest BCUT2D eigenvalue weighted by atomic mass is 9.99. The molecule has 0 unspecified atom stereocenters. The first-order valence-corrected chi connectivity index (χ1v) is 14.5. The molecule has 0 aliphatic heterocycles. The number of rotatable bonds is 3. The number of aromatic nitrogens is 2. The van der Waals surface area contributed by atoms with Crippen LogP contribution < -0.4 is 0 Å². The number of nitrogens with zero attached hydrogens (tertiary/aromatic N) is 2. The first kappa shape index (κ1) is 28.0. The fourth-order valence-corrected chi connectivity index (χ4v) is 6.64. The summed E-state index contributed by atoms with van der Waals surface area (Å²) in [4.78, 5) is 0. The number of fused-ring (bicyclic) bond motifs is 6. The van der Waals surface area contributed by atoms with Crippen molar-refractivity contribution in [3.63, 3.8) is 0 Å². The van der Waals surface area contributed by atoms with E-state index < -0.39 is 23.5 Å². The lowest BCUT2D eigenvalue weighted by molar-refractivity contribution is -0.138. The third-order valence-corrected chi connectivity index (χ3v) is 8.58. The van der Waals surface area contributed by atoms with Gasteiger partial charge in [-0.1, -0.05) is 84.9 Å². The molecule has 8 aromatic rings. The van der Waals surface area contributed by atoms with Gasteiger partial charge in [0.2, 0.25) is 0 Å². The average molecular weight is 621 g/mol. The van der Waals surface area contributed by atoms with Gasteiger partial charge in [-0.25, -0.2) is 0 Å². The number of alkyl halides is 6. The Balaban J connectivity index is 1.42. The maximum atomic E-state index is 14.6. The molecule has 0 saturated carbocycles. The molecule has 8 heteroatoms. The molecule has 2 nitrogen and oxygen atoms in total. The minimum Gasteiger partial charge on any atom is -0.309 e. The molecule has 0 saturated heterocycles. The van der Waals surface area contributed by atoms with Crippen molar-refractivity contribution >= 4 is 43.6 Å². The Bertz CT molecular complexity index is 2180. The largest absolute Gasteiger partial charge is 0.418 e. The van der Waals surface area contributed by atoms with E-state index in [-0.39, 0.29) is 11.4 Å². The zero-order valence-corrected chi connectivity index (χ0v) is 23.9. The van der Waals surface area contributed by atoms with E-state index >= 15 is 0 Å². The third kappa shape index (κ3) is 4.28. The second-order valence-corrected chi connectivity index (χ2v) is 11.2. The van der Waals surface area contributed by atoms with Gasteiger partial charge in [0.15, 0.2) is 0 Å². The predicted molar refractivity (Wildman–Crippen MR) is 171 cm³/mol. The first-order valence-electron chi connectivity index (χ1n) is 14.5. The van der Waals surface area contributed by atoms with Crippen LogP contribution in [0.3, 0.4) is 0 Å². The van der Waals surface area contributed by atoms with E-state index in [1.807, 2.05) is 48.5 Å². The van der Waals surface area contributed by atoms with Crippen LogP contribution >= 0.6 is 0 Å². The standard InChI is InChI=1S/C38H22F6N2/c39-37(40,41)29-19-17-23(21-35(29)45-31-13-5-1-9-25(31)26-10-2-6-14-32(26)45)24-18-20-30(38(42,43)44)36(22-24)46-33-15-7-3-11-27(33)28-12-4-8-16-34(28)46/h1-22H. The smallest absolute Gasteiger partial charge is 0.309 e. The van der Waals surface area contributed by atoms with E-state index in [4.69, 9.17) is 0 Å². The van der Waals surface area contributed by atoms with E-state index in [2.05, 4.69) is 0 Å². The molecule has 8 rings (SSSR count). The minimum atomic E-state index is -4.69. The van der Waals surface area contributed by atoms with Gasteiger partial charge >= 0.3 is 12.4 Å². The second kappa shape index (κ2) is 10.0. The molecule has 0 atom stereocenters. The van der Waals surface area contributed by atoms with Crippen molar-refractivity contribution in [3.05, 3.63) is 145 Å². The quantitative estimate of drug-likeness (QED) is 0.174. The van der Waals surface area contributed by atoms with Gasteiger partial charge in [-0.05, 0) is 59.7 Å². The zero-order chi connectivity index (χ0) is 31.8. The summed E-state index contributed by atoms with van der Waals surface area (Å²) in [6, 6.07) is 36.4. The fourth-order valence-electron chi connectivity index (χ4n) is 6.64. The summed E-state index contributed by atoms with van der Waals surface area (Å²) in [6.07, 6.45) is -9.37. The van der Waals surface area contributed by atoms with E-state index in [1.54, 1.807) is 57.7 Å². The Labute approximate surface area is 258 Å². The summed E-state index contributed by atoms with van der Waals surface area (Å²) >= 11 is 0. The normalized spacial score (nSPS) is 12.6. The van der Waals surface area contributed by atoms with Crippen molar-refractivity contribution in [2.24, 2.45) is 0 Å². The van der Waals surface area contributed by atoms with Crippen molar-refractivity contribution in [2.45, 2.75) is 12.4 Å². The topological polar surface area (TPSA) is 9.86 Å². The summed E-state index contributed by atoms with van der Waals surface area (Å²) in [5.74, 6) is 0. The predicted octanol–water partition coefficient (Wildman–Crippen LogP) is 11.6. The van der Waals surface area contributed by atoms with Gasteiger partial charge in [0, 0.05) is 21.5 Å². The molecule has 2 heterocycles. The van der Waals surface area contributed by atoms with Crippen molar-refractivity contribution < 1.29 is 26.3 Å². The van der Waals surface area contributed by atoms with Crippen LogP contribution in [-0.2, 0) is 12.4 Å². The highest BCUT2D eigenvalue weighted by Gasteiger charge is 2.36. The molecule has 0 aliphatic rings. The highest BCUT2D eigenvalue weighted by atomic mass is 19.4. The molecule has 0 N–H and O–H groups in total. The van der Waals surface area contributed by atoms with Gasteiger partial charge in [0.1, 0.15) is 0 Å². The van der Waals surface area contributed by atoms with Gasteiger partial charge in [0.25, 0.3) is 0 Å². The van der Waals surface area contributed by atoms with Gasteiger partial charge in [0.05, 0.1) is 44.6 Å². The lowest BCUT2D eigenvalue weighted by Crippen LogP contribution is -2.12. The number of hydrogen-bond acceptors (Lipinski definition) is 0. The Kier molecular flexibility index (Phi) is 6.09. The molecule has 0 radical (unpaired) electrons. The molecule has 2 aromatic heterocycles. The summed E-state index contributed by atoms with van der Waals surface area (Å²) in [5, 5.41) is 3.17. The summed E-state index contributed by atoms with van der Waals surface area (Å²) in [7, 11) is 0. The van der Waals surface area contributed by atoms with Gasteiger partial charge in [-0.15, -0.1) is 0 Å². The van der Waals surface area contributed by atoms with E-state index in [1.165, 1.54) is 24.3 Å². The molecular formula is C38H22F6N2. The van der Waals surface area contributed by atoms with Crippen LogP contribution in [0.5, 0.6) is 0 Å². The number of hydrogen-bond donors (Lipinski definition) is 0. The van der Waals surface area contributed by atoms with Crippen molar-refractivity contribution in [2.75, 3.05) is 0 Å². The molecule has 0 fully saturated rings. The molecule has 0 bridgehead atoms. The molecule has 226 valence electrons.